The molecule has 0 spiro atoms. The molecule has 1 fully saturated rings. The zero-order chi connectivity index (χ0) is 13.0. The lowest BCUT2D eigenvalue weighted by molar-refractivity contribution is 0.0761. The highest BCUT2D eigenvalue weighted by molar-refractivity contribution is 5.99. The minimum absolute atomic E-state index is 0.121. The number of anilines is 1. The number of likely N-dealkylation sites (tertiary alicyclic amines) is 1. The maximum Gasteiger partial charge on any atom is 0.256 e. The summed E-state index contributed by atoms with van der Waals surface area (Å²) in [6.07, 6.45) is 6.81. The molecule has 1 saturated heterocycles. The molecule has 98 valence electrons. The molecule has 1 aromatic rings. The second kappa shape index (κ2) is 5.85. The van der Waals surface area contributed by atoms with Gasteiger partial charge in [0, 0.05) is 26.3 Å². The van der Waals surface area contributed by atoms with Crippen LogP contribution in [0.4, 0.5) is 5.69 Å². The van der Waals surface area contributed by atoms with Crippen LogP contribution in [0.2, 0.25) is 0 Å². The highest BCUT2D eigenvalue weighted by Crippen LogP contribution is 2.20. The molecule has 0 aliphatic carbocycles. The largest absolute Gasteiger partial charge is 0.386 e. The van der Waals surface area contributed by atoms with Gasteiger partial charge in [0.05, 0.1) is 17.4 Å². The molecule has 1 unspecified atom stereocenters. The van der Waals surface area contributed by atoms with E-state index in [1.807, 2.05) is 11.9 Å². The number of nitrogens with zero attached hydrogens (tertiary/aromatic N) is 2. The molecule has 1 amide bonds. The normalized spacial score (nSPS) is 20.3. The zero-order valence-corrected chi connectivity index (χ0v) is 11.1. The number of carbonyl (C=O) groups excluding carboxylic acids is 1. The van der Waals surface area contributed by atoms with Crippen molar-refractivity contribution in [1.29, 1.82) is 0 Å². The van der Waals surface area contributed by atoms with E-state index in [9.17, 15) is 4.79 Å². The third-order valence-corrected chi connectivity index (χ3v) is 3.62. The van der Waals surface area contributed by atoms with E-state index in [2.05, 4.69) is 17.2 Å². The number of hydrogen-bond acceptors (Lipinski definition) is 3. The molecule has 2 heterocycles. The third kappa shape index (κ3) is 2.81. The van der Waals surface area contributed by atoms with Crippen LogP contribution in [-0.2, 0) is 0 Å². The summed E-state index contributed by atoms with van der Waals surface area (Å²) in [5.74, 6) is 0.847. The summed E-state index contributed by atoms with van der Waals surface area (Å²) < 4.78 is 0. The Labute approximate surface area is 108 Å². The number of carbonyl (C=O) groups is 1. The molecule has 18 heavy (non-hydrogen) atoms. The van der Waals surface area contributed by atoms with Crippen molar-refractivity contribution < 1.29 is 4.79 Å². The van der Waals surface area contributed by atoms with E-state index >= 15 is 0 Å². The lowest BCUT2D eigenvalue weighted by atomic mass is 10.0. The predicted octanol–water partition coefficient (Wildman–Crippen LogP) is 2.39. The number of hydrogen-bond donors (Lipinski definition) is 1. The first kappa shape index (κ1) is 12.9. The van der Waals surface area contributed by atoms with Gasteiger partial charge >= 0.3 is 0 Å². The fourth-order valence-corrected chi connectivity index (χ4v) is 2.42. The Morgan fingerprint density at radius 1 is 1.44 bits per heavy atom. The Hall–Kier alpha value is -1.58. The van der Waals surface area contributed by atoms with Gasteiger partial charge in [0.15, 0.2) is 0 Å². The van der Waals surface area contributed by atoms with E-state index in [4.69, 9.17) is 0 Å². The molecule has 0 saturated carbocycles. The van der Waals surface area contributed by atoms with Crippen molar-refractivity contribution in [1.82, 2.24) is 9.88 Å². The Balaban J connectivity index is 2.15. The van der Waals surface area contributed by atoms with Crippen LogP contribution in [0.3, 0.4) is 0 Å². The van der Waals surface area contributed by atoms with Crippen molar-refractivity contribution in [3.05, 3.63) is 24.0 Å². The van der Waals surface area contributed by atoms with Crippen LogP contribution in [0.25, 0.3) is 0 Å². The minimum atomic E-state index is 0.121. The molecule has 4 heteroatoms. The highest BCUT2D eigenvalue weighted by Gasteiger charge is 2.21. The number of amides is 1. The Kier molecular flexibility index (Phi) is 4.18. The number of aromatic nitrogens is 1. The SMILES string of the molecule is CNc1cnccc1C(=O)N1CCCC(C)CC1. The molecule has 1 aromatic heterocycles. The highest BCUT2D eigenvalue weighted by atomic mass is 16.2. The molecule has 1 aliphatic heterocycles. The second-order valence-corrected chi connectivity index (χ2v) is 5.00. The molecular weight excluding hydrogens is 226 g/mol. The maximum absolute atomic E-state index is 12.5. The van der Waals surface area contributed by atoms with Crippen LogP contribution in [-0.4, -0.2) is 35.9 Å². The van der Waals surface area contributed by atoms with E-state index in [1.54, 1.807) is 18.5 Å². The van der Waals surface area contributed by atoms with E-state index in [0.29, 0.717) is 0 Å². The van der Waals surface area contributed by atoms with Gasteiger partial charge in [0.25, 0.3) is 5.91 Å². The van der Waals surface area contributed by atoms with Crippen LogP contribution in [0.15, 0.2) is 18.5 Å². The van der Waals surface area contributed by atoms with E-state index in [1.165, 1.54) is 6.42 Å². The van der Waals surface area contributed by atoms with Crippen molar-refractivity contribution in [2.45, 2.75) is 26.2 Å². The Bertz CT molecular complexity index is 419. The monoisotopic (exact) mass is 247 g/mol. The Morgan fingerprint density at radius 2 is 2.28 bits per heavy atom. The fraction of sp³-hybridized carbons (Fsp3) is 0.571. The van der Waals surface area contributed by atoms with Gasteiger partial charge in [-0.3, -0.25) is 9.78 Å². The molecule has 1 aliphatic rings. The molecule has 1 atom stereocenters. The van der Waals surface area contributed by atoms with Gasteiger partial charge in [-0.25, -0.2) is 0 Å². The topological polar surface area (TPSA) is 45.2 Å². The summed E-state index contributed by atoms with van der Waals surface area (Å²) >= 11 is 0. The first-order valence-electron chi connectivity index (χ1n) is 6.63. The van der Waals surface area contributed by atoms with Gasteiger partial charge in [0.2, 0.25) is 0 Å². The summed E-state index contributed by atoms with van der Waals surface area (Å²) in [5, 5.41) is 3.03. The summed E-state index contributed by atoms with van der Waals surface area (Å²) in [4.78, 5) is 18.5. The van der Waals surface area contributed by atoms with Gasteiger partial charge in [0.1, 0.15) is 0 Å². The smallest absolute Gasteiger partial charge is 0.256 e. The number of pyridine rings is 1. The van der Waals surface area contributed by atoms with Crippen molar-refractivity contribution in [3.8, 4) is 0 Å². The van der Waals surface area contributed by atoms with Crippen LogP contribution < -0.4 is 5.32 Å². The summed E-state index contributed by atoms with van der Waals surface area (Å²) in [6.45, 7) is 4.00. The lowest BCUT2D eigenvalue weighted by Gasteiger charge is -2.21. The van der Waals surface area contributed by atoms with Crippen molar-refractivity contribution in [2.75, 3.05) is 25.5 Å². The quantitative estimate of drug-likeness (QED) is 0.872. The van der Waals surface area contributed by atoms with Crippen molar-refractivity contribution in [2.24, 2.45) is 5.92 Å². The lowest BCUT2D eigenvalue weighted by Crippen LogP contribution is -2.32. The summed E-state index contributed by atoms with van der Waals surface area (Å²) in [5.41, 5.74) is 1.53. The van der Waals surface area contributed by atoms with E-state index < -0.39 is 0 Å². The first-order valence-corrected chi connectivity index (χ1v) is 6.63. The third-order valence-electron chi connectivity index (χ3n) is 3.62. The summed E-state index contributed by atoms with van der Waals surface area (Å²) in [7, 11) is 1.82. The number of rotatable bonds is 2. The van der Waals surface area contributed by atoms with Crippen molar-refractivity contribution in [3.63, 3.8) is 0 Å². The average molecular weight is 247 g/mol. The maximum atomic E-state index is 12.5. The first-order chi connectivity index (χ1) is 8.72. The molecule has 0 aromatic carbocycles. The van der Waals surface area contributed by atoms with E-state index in [-0.39, 0.29) is 5.91 Å². The predicted molar refractivity (Wildman–Crippen MR) is 72.7 cm³/mol. The van der Waals surface area contributed by atoms with Gasteiger partial charge in [-0.15, -0.1) is 0 Å². The van der Waals surface area contributed by atoms with Crippen LogP contribution >= 0.6 is 0 Å². The molecule has 2 rings (SSSR count). The van der Waals surface area contributed by atoms with E-state index in [0.717, 1.165) is 43.1 Å². The zero-order valence-electron chi connectivity index (χ0n) is 11.1. The van der Waals surface area contributed by atoms with Crippen LogP contribution in [0.1, 0.15) is 36.5 Å². The minimum Gasteiger partial charge on any atom is -0.386 e. The average Bonchev–Trinajstić information content (AvgIpc) is 2.62. The number of nitrogens with one attached hydrogen (secondary N) is 1. The summed E-state index contributed by atoms with van der Waals surface area (Å²) in [6, 6.07) is 1.79. The second-order valence-electron chi connectivity index (χ2n) is 5.00. The van der Waals surface area contributed by atoms with Crippen molar-refractivity contribution >= 4 is 11.6 Å². The molecule has 0 radical (unpaired) electrons. The van der Waals surface area contributed by atoms with Crippen LogP contribution in [0.5, 0.6) is 0 Å². The van der Waals surface area contributed by atoms with Gasteiger partial charge < -0.3 is 10.2 Å². The standard InChI is InChI=1S/C14H21N3O/c1-11-4-3-8-17(9-6-11)14(18)12-5-7-16-10-13(12)15-2/h5,7,10-11,15H,3-4,6,8-9H2,1-2H3. The molecule has 4 nitrogen and oxygen atoms in total. The van der Waals surface area contributed by atoms with Gasteiger partial charge in [-0.1, -0.05) is 6.92 Å². The Morgan fingerprint density at radius 3 is 3.06 bits per heavy atom. The fourth-order valence-electron chi connectivity index (χ4n) is 2.42. The molecular formula is C14H21N3O. The van der Waals surface area contributed by atoms with Crippen LogP contribution in [0, 0.1) is 5.92 Å². The van der Waals surface area contributed by atoms with Gasteiger partial charge in [-0.2, -0.15) is 0 Å². The molecule has 0 bridgehead atoms. The molecule has 1 N–H and O–H groups in total. The van der Waals surface area contributed by atoms with Gasteiger partial charge in [-0.05, 0) is 31.2 Å².